The van der Waals surface area contributed by atoms with Crippen LogP contribution in [0.15, 0.2) is 73.3 Å². The van der Waals surface area contributed by atoms with Crippen molar-refractivity contribution in [3.05, 3.63) is 118 Å². The molecule has 2 aromatic carbocycles. The summed E-state index contributed by atoms with van der Waals surface area (Å²) in [5, 5.41) is 0. The predicted molar refractivity (Wildman–Crippen MR) is 145 cm³/mol. The summed E-state index contributed by atoms with van der Waals surface area (Å²) < 4.78 is 6.25. The van der Waals surface area contributed by atoms with Gasteiger partial charge in [-0.05, 0) is 0 Å². The first kappa shape index (κ1) is 23.1. The number of rotatable bonds is 5. The molecule has 0 saturated heterocycles. The number of alkyl halides is 1. The SMILES string of the molecule is Cc1ccc(C)c2c1C=C(n1cccc1)[CH]2[Zr]([CH2]Cl)[CH]1C(n2cccc2)=Cc2c(C)ccc(C)c21. The van der Waals surface area contributed by atoms with Crippen LogP contribution in [0.2, 0.25) is 0 Å². The molecule has 0 bridgehead atoms. The average molecular weight is 557 g/mol. The van der Waals surface area contributed by atoms with Crippen molar-refractivity contribution in [2.24, 2.45) is 0 Å². The summed E-state index contributed by atoms with van der Waals surface area (Å²) in [4.78, 5) is 0. The molecule has 4 heteroatoms. The van der Waals surface area contributed by atoms with Gasteiger partial charge in [0, 0.05) is 0 Å². The van der Waals surface area contributed by atoms with Crippen LogP contribution in [0.25, 0.3) is 23.5 Å². The maximum absolute atomic E-state index is 7.11. The summed E-state index contributed by atoms with van der Waals surface area (Å²) in [6.45, 7) is 9.07. The number of benzene rings is 2. The molecular formula is C31H30ClN2Zr. The summed E-state index contributed by atoms with van der Waals surface area (Å²) in [6.07, 6.45) is 13.7. The molecule has 175 valence electrons. The number of hydrogen-bond acceptors (Lipinski definition) is 0. The van der Waals surface area contributed by atoms with Crippen LogP contribution in [0, 0.1) is 27.7 Å². The molecular weight excluding hydrogens is 527 g/mol. The van der Waals surface area contributed by atoms with Gasteiger partial charge in [0.25, 0.3) is 0 Å². The summed E-state index contributed by atoms with van der Waals surface area (Å²) in [5.74, 6) is 0. The molecule has 2 aliphatic carbocycles. The molecule has 0 N–H and O–H groups in total. The molecule has 0 spiro atoms. The van der Waals surface area contributed by atoms with Crippen LogP contribution in [0.5, 0.6) is 0 Å². The Morgan fingerprint density at radius 2 is 1.00 bits per heavy atom. The van der Waals surface area contributed by atoms with Gasteiger partial charge in [-0.2, -0.15) is 0 Å². The molecule has 2 unspecified atom stereocenters. The second-order valence-corrected chi connectivity index (χ2v) is 17.8. The van der Waals surface area contributed by atoms with Crippen molar-refractivity contribution in [1.29, 1.82) is 0 Å². The Hall–Kier alpha value is -2.35. The van der Waals surface area contributed by atoms with Crippen molar-refractivity contribution in [2.45, 2.75) is 34.9 Å². The third kappa shape index (κ3) is 3.62. The fraction of sp³-hybridized carbons (Fsp3) is 0.226. The fourth-order valence-electron chi connectivity index (χ4n) is 6.15. The van der Waals surface area contributed by atoms with Crippen LogP contribution in [0.4, 0.5) is 0 Å². The van der Waals surface area contributed by atoms with Gasteiger partial charge in [-0.25, -0.2) is 0 Å². The number of aromatic nitrogens is 2. The summed E-state index contributed by atoms with van der Waals surface area (Å²) in [7, 11) is 0. The number of halogens is 1. The number of hydrogen-bond donors (Lipinski definition) is 0. The topological polar surface area (TPSA) is 9.86 Å². The van der Waals surface area contributed by atoms with E-state index in [9.17, 15) is 0 Å². The van der Waals surface area contributed by atoms with Crippen LogP contribution in [0.1, 0.15) is 51.8 Å². The first-order valence-electron chi connectivity index (χ1n) is 12.3. The van der Waals surface area contributed by atoms with Crippen molar-refractivity contribution < 1.29 is 21.8 Å². The fourth-order valence-corrected chi connectivity index (χ4v) is 16.3. The van der Waals surface area contributed by atoms with Gasteiger partial charge in [-0.15, -0.1) is 0 Å². The number of allylic oxidation sites excluding steroid dienone is 2. The number of nitrogens with zero attached hydrogens (tertiary/aromatic N) is 2. The number of fused-ring (bicyclic) bond motifs is 2. The minimum atomic E-state index is -2.50. The molecule has 0 saturated carbocycles. The van der Waals surface area contributed by atoms with E-state index >= 15 is 0 Å². The maximum atomic E-state index is 7.11. The monoisotopic (exact) mass is 555 g/mol. The molecule has 6 rings (SSSR count). The van der Waals surface area contributed by atoms with E-state index in [1.807, 2.05) is 0 Å². The standard InChI is InChI=1S/2C15H14N.CH2Cl.Zr/c2*1-11-5-6-12(2)15-10-13(9-14(11)15)16-7-3-4-8-16;1-2;/h2*3-10H,1-2H3;1H2;. The van der Waals surface area contributed by atoms with Crippen LogP contribution in [-0.2, 0) is 21.8 Å². The van der Waals surface area contributed by atoms with Gasteiger partial charge in [0.05, 0.1) is 0 Å². The first-order chi connectivity index (χ1) is 17.0. The van der Waals surface area contributed by atoms with Crippen molar-refractivity contribution >= 4 is 35.1 Å². The molecule has 0 aliphatic heterocycles. The zero-order valence-corrected chi connectivity index (χ0v) is 23.9. The third-order valence-electron chi connectivity index (χ3n) is 7.90. The van der Waals surface area contributed by atoms with Gasteiger partial charge < -0.3 is 0 Å². The van der Waals surface area contributed by atoms with Gasteiger partial charge in [0.15, 0.2) is 0 Å². The van der Waals surface area contributed by atoms with Crippen molar-refractivity contribution in [1.82, 2.24) is 9.13 Å². The molecule has 4 aromatic rings. The van der Waals surface area contributed by atoms with Crippen LogP contribution >= 0.6 is 11.6 Å². The van der Waals surface area contributed by atoms with Gasteiger partial charge in [-0.1, -0.05) is 0 Å². The zero-order valence-electron chi connectivity index (χ0n) is 20.7. The molecule has 2 heterocycles. The Labute approximate surface area is 221 Å². The van der Waals surface area contributed by atoms with E-state index in [0.717, 1.165) is 3.59 Å². The van der Waals surface area contributed by atoms with E-state index in [0.29, 0.717) is 7.25 Å². The van der Waals surface area contributed by atoms with Crippen molar-refractivity contribution in [3.63, 3.8) is 0 Å². The average Bonchev–Trinajstić information content (AvgIpc) is 3.65. The number of aryl methyl sites for hydroxylation is 4. The van der Waals surface area contributed by atoms with E-state index in [-0.39, 0.29) is 0 Å². The molecule has 2 aliphatic rings. The first-order valence-corrected chi connectivity index (χ1v) is 17.4. The third-order valence-corrected chi connectivity index (χ3v) is 17.0. The Kier molecular flexibility index (Phi) is 5.90. The Morgan fingerprint density at radius 3 is 1.37 bits per heavy atom. The van der Waals surface area contributed by atoms with E-state index in [1.54, 1.807) is 0 Å². The van der Waals surface area contributed by atoms with Gasteiger partial charge in [0.1, 0.15) is 0 Å². The second kappa shape index (κ2) is 8.95. The van der Waals surface area contributed by atoms with Gasteiger partial charge >= 0.3 is 222 Å². The van der Waals surface area contributed by atoms with Crippen LogP contribution < -0.4 is 0 Å². The van der Waals surface area contributed by atoms with E-state index in [2.05, 4.69) is 122 Å². The molecule has 0 amide bonds. The molecule has 0 radical (unpaired) electrons. The van der Waals surface area contributed by atoms with E-state index in [4.69, 9.17) is 11.6 Å². The summed E-state index contributed by atoms with van der Waals surface area (Å²) >= 11 is 4.61. The Morgan fingerprint density at radius 1 is 0.629 bits per heavy atom. The molecule has 2 nitrogen and oxygen atoms in total. The predicted octanol–water partition coefficient (Wildman–Crippen LogP) is 8.14. The minimum absolute atomic E-state index is 0.395. The van der Waals surface area contributed by atoms with Crippen molar-refractivity contribution in [2.75, 3.05) is 3.59 Å². The molecule has 2 aromatic heterocycles. The van der Waals surface area contributed by atoms with Crippen molar-refractivity contribution in [3.8, 4) is 0 Å². The van der Waals surface area contributed by atoms with Gasteiger partial charge in [0.2, 0.25) is 0 Å². The normalized spacial score (nSPS) is 18.3. The Bertz CT molecular complexity index is 1360. The molecule has 35 heavy (non-hydrogen) atoms. The van der Waals surface area contributed by atoms with Crippen LogP contribution in [0.3, 0.4) is 0 Å². The Balaban J connectivity index is 1.59. The summed E-state index contributed by atoms with van der Waals surface area (Å²) in [6, 6.07) is 17.7. The van der Waals surface area contributed by atoms with Crippen LogP contribution in [-0.4, -0.2) is 12.7 Å². The van der Waals surface area contributed by atoms with E-state index in [1.165, 1.54) is 55.9 Å². The van der Waals surface area contributed by atoms with E-state index < -0.39 is 21.8 Å². The molecule has 0 fully saturated rings. The van der Waals surface area contributed by atoms with Gasteiger partial charge in [-0.3, -0.25) is 0 Å². The summed E-state index contributed by atoms with van der Waals surface area (Å²) in [5.41, 5.74) is 14.2. The quantitative estimate of drug-likeness (QED) is 0.219. The zero-order chi connectivity index (χ0) is 24.3. The second-order valence-electron chi connectivity index (χ2n) is 9.95. The molecule has 2 atom stereocenters.